The molecule has 1 aliphatic carbocycles. The lowest BCUT2D eigenvalue weighted by atomic mass is 9.73. The minimum atomic E-state index is -0.417. The van der Waals surface area contributed by atoms with Crippen molar-refractivity contribution in [2.24, 2.45) is 0 Å². The van der Waals surface area contributed by atoms with Crippen molar-refractivity contribution in [2.45, 2.75) is 50.5 Å². The van der Waals surface area contributed by atoms with Gasteiger partial charge in [-0.05, 0) is 49.3 Å². The Morgan fingerprint density at radius 2 is 2.06 bits per heavy atom. The van der Waals surface area contributed by atoms with Crippen LogP contribution in [0.3, 0.4) is 0 Å². The van der Waals surface area contributed by atoms with E-state index in [9.17, 15) is 9.59 Å². The van der Waals surface area contributed by atoms with Crippen molar-refractivity contribution in [3.63, 3.8) is 0 Å². The molecule has 1 saturated heterocycles. The topological polar surface area (TPSA) is 73.9 Å². The van der Waals surface area contributed by atoms with Crippen molar-refractivity contribution in [3.05, 3.63) is 74.8 Å². The standard InChI is InChI=1S/C27H29NO5S/c1-16-24(27(30)33-15-18-7-5-11-32-18)26(23-10-6-12-34-23)25-20(28-16)13-17(14-21(25)29)19-8-3-4-9-22(19)31-2/h3-4,6,8-10,12,17-18,26,28H,5,7,11,13-15H2,1-2H3/t17-,18+,26-/m0/s1. The van der Waals surface area contributed by atoms with E-state index < -0.39 is 5.92 Å². The van der Waals surface area contributed by atoms with Gasteiger partial charge in [-0.2, -0.15) is 0 Å². The average Bonchev–Trinajstić information content (AvgIpc) is 3.56. The second kappa shape index (κ2) is 9.76. The Bertz CT molecular complexity index is 1140. The van der Waals surface area contributed by atoms with Crippen LogP contribution in [0.4, 0.5) is 0 Å². The third-order valence-electron chi connectivity index (χ3n) is 6.88. The molecule has 3 heterocycles. The zero-order valence-corrected chi connectivity index (χ0v) is 20.3. The number of esters is 1. The lowest BCUT2D eigenvalue weighted by molar-refractivity contribution is -0.142. The molecule has 6 nitrogen and oxygen atoms in total. The molecular formula is C27H29NO5S. The molecule has 1 N–H and O–H groups in total. The van der Waals surface area contributed by atoms with Gasteiger partial charge in [-0.1, -0.05) is 24.3 Å². The molecule has 2 aromatic rings. The van der Waals surface area contributed by atoms with E-state index in [1.807, 2.05) is 48.7 Å². The van der Waals surface area contributed by atoms with Gasteiger partial charge in [0.2, 0.25) is 0 Å². The van der Waals surface area contributed by atoms with E-state index in [2.05, 4.69) is 5.32 Å². The van der Waals surface area contributed by atoms with Gasteiger partial charge in [0.05, 0.1) is 24.7 Å². The number of ketones is 1. The molecule has 3 atom stereocenters. The van der Waals surface area contributed by atoms with Crippen LogP contribution in [0.1, 0.15) is 54.9 Å². The summed E-state index contributed by atoms with van der Waals surface area (Å²) in [5.74, 6) is 0.0600. The number of hydrogen-bond donors (Lipinski definition) is 1. The molecule has 0 unspecified atom stereocenters. The summed E-state index contributed by atoms with van der Waals surface area (Å²) < 4.78 is 16.9. The van der Waals surface area contributed by atoms with E-state index in [1.54, 1.807) is 18.4 Å². The van der Waals surface area contributed by atoms with Crippen molar-refractivity contribution in [1.29, 1.82) is 0 Å². The molecule has 0 spiro atoms. The molecule has 1 aromatic carbocycles. The van der Waals surface area contributed by atoms with E-state index in [-0.39, 0.29) is 30.4 Å². The van der Waals surface area contributed by atoms with Gasteiger partial charge in [-0.15, -0.1) is 11.3 Å². The third kappa shape index (κ3) is 4.30. The number of allylic oxidation sites excluding steroid dienone is 3. The van der Waals surface area contributed by atoms with E-state index in [1.165, 1.54) is 0 Å². The van der Waals surface area contributed by atoms with Gasteiger partial charge in [0.25, 0.3) is 0 Å². The Morgan fingerprint density at radius 3 is 2.79 bits per heavy atom. The number of methoxy groups -OCH3 is 1. The van der Waals surface area contributed by atoms with Crippen LogP contribution < -0.4 is 10.1 Å². The second-order valence-corrected chi connectivity index (χ2v) is 9.99. The van der Waals surface area contributed by atoms with Gasteiger partial charge in [-0.3, -0.25) is 4.79 Å². The van der Waals surface area contributed by atoms with Crippen LogP contribution in [0.25, 0.3) is 0 Å². The molecule has 2 aliphatic heterocycles. The number of Topliss-reactive ketones (excluding diaryl/α,β-unsaturated/α-hetero) is 1. The zero-order valence-electron chi connectivity index (χ0n) is 19.5. The van der Waals surface area contributed by atoms with Crippen LogP contribution in [-0.2, 0) is 19.1 Å². The summed E-state index contributed by atoms with van der Waals surface area (Å²) in [6.45, 7) is 2.84. The predicted octanol–water partition coefficient (Wildman–Crippen LogP) is 4.84. The summed E-state index contributed by atoms with van der Waals surface area (Å²) >= 11 is 1.56. The number of ether oxygens (including phenoxy) is 3. The highest BCUT2D eigenvalue weighted by Gasteiger charge is 2.42. The highest BCUT2D eigenvalue weighted by molar-refractivity contribution is 7.10. The van der Waals surface area contributed by atoms with Gasteiger partial charge in [0.15, 0.2) is 5.78 Å². The van der Waals surface area contributed by atoms with Crippen molar-refractivity contribution in [2.75, 3.05) is 20.3 Å². The lowest BCUT2D eigenvalue weighted by Gasteiger charge is -2.36. The Kier molecular flexibility index (Phi) is 6.57. The van der Waals surface area contributed by atoms with Crippen LogP contribution >= 0.6 is 11.3 Å². The maximum Gasteiger partial charge on any atom is 0.336 e. The van der Waals surface area contributed by atoms with Crippen molar-refractivity contribution in [1.82, 2.24) is 5.32 Å². The Hall–Kier alpha value is -2.90. The molecule has 7 heteroatoms. The van der Waals surface area contributed by atoms with Crippen LogP contribution in [0.15, 0.2) is 64.3 Å². The molecular weight excluding hydrogens is 450 g/mol. The quantitative estimate of drug-likeness (QED) is 0.598. The molecule has 0 radical (unpaired) electrons. The van der Waals surface area contributed by atoms with E-state index >= 15 is 0 Å². The SMILES string of the molecule is COc1ccccc1[C@@H]1CC(=O)C2=C(C1)NC(C)=C(C(=O)OC[C@H]1CCCO1)[C@@H]2c1cccs1. The minimum Gasteiger partial charge on any atom is -0.496 e. The molecule has 178 valence electrons. The van der Waals surface area contributed by atoms with E-state index in [0.717, 1.165) is 40.4 Å². The number of para-hydroxylation sites is 1. The molecule has 3 aliphatic rings. The first-order valence-corrected chi connectivity index (χ1v) is 12.6. The monoisotopic (exact) mass is 479 g/mol. The van der Waals surface area contributed by atoms with Gasteiger partial charge in [-0.25, -0.2) is 4.79 Å². The summed E-state index contributed by atoms with van der Waals surface area (Å²) in [5, 5.41) is 5.39. The number of rotatable bonds is 6. The van der Waals surface area contributed by atoms with Gasteiger partial charge in [0, 0.05) is 40.8 Å². The maximum absolute atomic E-state index is 13.6. The van der Waals surface area contributed by atoms with E-state index in [0.29, 0.717) is 30.6 Å². The zero-order chi connectivity index (χ0) is 23.7. The minimum absolute atomic E-state index is 0.0136. The summed E-state index contributed by atoms with van der Waals surface area (Å²) in [6.07, 6.45) is 2.89. The summed E-state index contributed by atoms with van der Waals surface area (Å²) in [5.41, 5.74) is 3.86. The number of carbonyl (C=O) groups excluding carboxylic acids is 2. The van der Waals surface area contributed by atoms with Gasteiger partial charge < -0.3 is 19.5 Å². The maximum atomic E-state index is 13.6. The first kappa shape index (κ1) is 22.9. The number of hydrogen-bond acceptors (Lipinski definition) is 7. The third-order valence-corrected chi connectivity index (χ3v) is 7.82. The largest absolute Gasteiger partial charge is 0.496 e. The number of benzene rings is 1. The summed E-state index contributed by atoms with van der Waals surface area (Å²) in [7, 11) is 1.65. The fourth-order valence-corrected chi connectivity index (χ4v) is 6.14. The molecule has 5 rings (SSSR count). The average molecular weight is 480 g/mol. The molecule has 0 amide bonds. The fraction of sp³-hybridized carbons (Fsp3) is 0.407. The van der Waals surface area contributed by atoms with Crippen molar-refractivity contribution < 1.29 is 23.8 Å². The molecule has 1 aromatic heterocycles. The molecule has 0 bridgehead atoms. The highest BCUT2D eigenvalue weighted by Crippen LogP contribution is 2.47. The Morgan fingerprint density at radius 1 is 1.21 bits per heavy atom. The smallest absolute Gasteiger partial charge is 0.336 e. The number of carbonyl (C=O) groups is 2. The first-order chi connectivity index (χ1) is 16.6. The molecule has 1 fully saturated rings. The van der Waals surface area contributed by atoms with Crippen molar-refractivity contribution >= 4 is 23.1 Å². The highest BCUT2D eigenvalue weighted by atomic mass is 32.1. The normalized spacial score (nSPS) is 24.6. The predicted molar refractivity (Wildman–Crippen MR) is 130 cm³/mol. The fourth-order valence-electron chi connectivity index (χ4n) is 5.30. The Balaban J connectivity index is 1.47. The molecule has 0 saturated carbocycles. The van der Waals surface area contributed by atoms with Crippen LogP contribution in [0.2, 0.25) is 0 Å². The van der Waals surface area contributed by atoms with Crippen LogP contribution in [0.5, 0.6) is 5.75 Å². The van der Waals surface area contributed by atoms with E-state index in [4.69, 9.17) is 14.2 Å². The van der Waals surface area contributed by atoms with Crippen molar-refractivity contribution in [3.8, 4) is 5.75 Å². The number of thiophene rings is 1. The summed E-state index contributed by atoms with van der Waals surface area (Å²) in [6, 6.07) is 11.8. The van der Waals surface area contributed by atoms with Crippen LogP contribution in [-0.4, -0.2) is 38.2 Å². The summed E-state index contributed by atoms with van der Waals surface area (Å²) in [4.78, 5) is 27.9. The van der Waals surface area contributed by atoms with Gasteiger partial charge in [0.1, 0.15) is 12.4 Å². The lowest BCUT2D eigenvalue weighted by Crippen LogP contribution is -2.36. The number of nitrogens with one attached hydrogen (secondary N) is 1. The Labute approximate surface area is 203 Å². The van der Waals surface area contributed by atoms with Gasteiger partial charge >= 0.3 is 5.97 Å². The second-order valence-electron chi connectivity index (χ2n) is 9.01. The molecule has 34 heavy (non-hydrogen) atoms. The first-order valence-electron chi connectivity index (χ1n) is 11.8. The van der Waals surface area contributed by atoms with Crippen LogP contribution in [0, 0.1) is 0 Å². The number of dihydropyridines is 1.